The number of halogens is 1. The van der Waals surface area contributed by atoms with Gasteiger partial charge in [-0.25, -0.2) is 4.39 Å². The Morgan fingerprint density at radius 1 is 1.17 bits per heavy atom. The fraction of sp³-hybridized carbons (Fsp3) is 0.211. The van der Waals surface area contributed by atoms with Gasteiger partial charge in [-0.3, -0.25) is 4.79 Å². The zero-order chi connectivity index (χ0) is 16.7. The van der Waals surface area contributed by atoms with Crippen molar-refractivity contribution in [1.82, 2.24) is 5.32 Å². The van der Waals surface area contributed by atoms with Gasteiger partial charge in [-0.2, -0.15) is 0 Å². The summed E-state index contributed by atoms with van der Waals surface area (Å²) in [5.74, 6) is 0.297. The van der Waals surface area contributed by atoms with Gasteiger partial charge in [0, 0.05) is 6.08 Å². The van der Waals surface area contributed by atoms with Gasteiger partial charge in [-0.05, 0) is 48.7 Å². The fourth-order valence-corrected chi connectivity index (χ4v) is 2.20. The van der Waals surface area contributed by atoms with Crippen molar-refractivity contribution in [3.05, 3.63) is 71.0 Å². The number of para-hydroxylation sites is 1. The van der Waals surface area contributed by atoms with Crippen LogP contribution in [-0.2, 0) is 4.79 Å². The summed E-state index contributed by atoms with van der Waals surface area (Å²) in [5, 5.41) is 2.73. The number of amides is 1. The highest BCUT2D eigenvalue weighted by atomic mass is 19.1. The summed E-state index contributed by atoms with van der Waals surface area (Å²) in [5.41, 5.74) is 2.79. The van der Waals surface area contributed by atoms with Gasteiger partial charge >= 0.3 is 0 Å². The molecule has 0 aromatic heterocycles. The predicted octanol–water partition coefficient (Wildman–Crippen LogP) is 3.65. The molecule has 0 atom stereocenters. The second kappa shape index (κ2) is 8.13. The molecule has 23 heavy (non-hydrogen) atoms. The van der Waals surface area contributed by atoms with Gasteiger partial charge in [0.05, 0.1) is 6.54 Å². The lowest BCUT2D eigenvalue weighted by molar-refractivity contribution is -0.116. The monoisotopic (exact) mass is 313 g/mol. The molecule has 1 amide bonds. The summed E-state index contributed by atoms with van der Waals surface area (Å²) in [6.45, 7) is 4.77. The molecule has 0 heterocycles. The lowest BCUT2D eigenvalue weighted by atomic mass is 10.1. The van der Waals surface area contributed by atoms with Crippen LogP contribution >= 0.6 is 0 Å². The van der Waals surface area contributed by atoms with Crippen LogP contribution in [0.15, 0.2) is 48.5 Å². The molecule has 0 unspecified atom stereocenters. The molecule has 0 saturated heterocycles. The van der Waals surface area contributed by atoms with Gasteiger partial charge in [0.2, 0.25) is 5.91 Å². The van der Waals surface area contributed by atoms with Crippen LogP contribution in [0.5, 0.6) is 5.75 Å². The van der Waals surface area contributed by atoms with E-state index in [4.69, 9.17) is 4.74 Å². The quantitative estimate of drug-likeness (QED) is 0.653. The highest BCUT2D eigenvalue weighted by Crippen LogP contribution is 2.21. The first-order chi connectivity index (χ1) is 11.1. The van der Waals surface area contributed by atoms with Crippen molar-refractivity contribution < 1.29 is 13.9 Å². The maximum atomic E-state index is 13.0. The number of rotatable bonds is 6. The first-order valence-electron chi connectivity index (χ1n) is 7.47. The highest BCUT2D eigenvalue weighted by molar-refractivity contribution is 5.91. The van der Waals surface area contributed by atoms with Crippen molar-refractivity contribution >= 4 is 12.0 Å². The average molecular weight is 313 g/mol. The Morgan fingerprint density at radius 2 is 1.87 bits per heavy atom. The van der Waals surface area contributed by atoms with Gasteiger partial charge in [-0.15, -0.1) is 0 Å². The molecule has 0 saturated carbocycles. The van der Waals surface area contributed by atoms with Crippen molar-refractivity contribution in [1.29, 1.82) is 0 Å². The summed E-state index contributed by atoms with van der Waals surface area (Å²) in [7, 11) is 0. The second-order valence-electron chi connectivity index (χ2n) is 5.25. The van der Waals surface area contributed by atoms with Crippen LogP contribution in [0, 0.1) is 19.7 Å². The van der Waals surface area contributed by atoms with E-state index in [9.17, 15) is 9.18 Å². The lowest BCUT2D eigenvalue weighted by Gasteiger charge is -2.11. The van der Waals surface area contributed by atoms with E-state index >= 15 is 0 Å². The van der Waals surface area contributed by atoms with E-state index in [0.29, 0.717) is 18.7 Å². The summed E-state index contributed by atoms with van der Waals surface area (Å²) >= 11 is 0. The first kappa shape index (κ1) is 16.7. The summed E-state index contributed by atoms with van der Waals surface area (Å²) in [4.78, 5) is 11.7. The Kier molecular flexibility index (Phi) is 5.92. The number of carbonyl (C=O) groups is 1. The number of hydrogen-bond acceptors (Lipinski definition) is 2. The van der Waals surface area contributed by atoms with Gasteiger partial charge in [0.1, 0.15) is 18.2 Å². The molecule has 0 aliphatic rings. The molecule has 4 heteroatoms. The Bertz CT molecular complexity index is 690. The Hall–Kier alpha value is -2.62. The topological polar surface area (TPSA) is 38.3 Å². The molecule has 0 radical (unpaired) electrons. The van der Waals surface area contributed by atoms with E-state index in [1.807, 2.05) is 32.0 Å². The van der Waals surface area contributed by atoms with E-state index in [-0.39, 0.29) is 11.7 Å². The third-order valence-electron chi connectivity index (χ3n) is 3.33. The van der Waals surface area contributed by atoms with Crippen LogP contribution in [0.25, 0.3) is 6.08 Å². The molecule has 0 spiro atoms. The minimum absolute atomic E-state index is 0.237. The number of nitrogens with one attached hydrogen (secondary N) is 1. The van der Waals surface area contributed by atoms with Crippen molar-refractivity contribution in [2.45, 2.75) is 13.8 Å². The van der Waals surface area contributed by atoms with Crippen molar-refractivity contribution in [3.8, 4) is 5.75 Å². The van der Waals surface area contributed by atoms with Crippen molar-refractivity contribution in [3.63, 3.8) is 0 Å². The maximum absolute atomic E-state index is 13.0. The number of benzene rings is 2. The van der Waals surface area contributed by atoms with E-state index < -0.39 is 0 Å². The molecule has 0 aliphatic heterocycles. The zero-order valence-corrected chi connectivity index (χ0v) is 13.3. The van der Waals surface area contributed by atoms with Crippen LogP contribution in [0.4, 0.5) is 4.39 Å². The van der Waals surface area contributed by atoms with Gasteiger partial charge < -0.3 is 10.1 Å². The first-order valence-corrected chi connectivity index (χ1v) is 7.47. The molecular formula is C19H20FNO2. The Balaban J connectivity index is 1.77. The van der Waals surface area contributed by atoms with Crippen LogP contribution in [0.3, 0.4) is 0 Å². The number of aryl methyl sites for hydroxylation is 2. The average Bonchev–Trinajstić information content (AvgIpc) is 2.52. The molecule has 2 aromatic rings. The zero-order valence-electron chi connectivity index (χ0n) is 13.3. The molecule has 120 valence electrons. The molecule has 0 aliphatic carbocycles. The van der Waals surface area contributed by atoms with E-state index in [0.717, 1.165) is 16.9 Å². The van der Waals surface area contributed by atoms with Gasteiger partial charge in [0.15, 0.2) is 0 Å². The van der Waals surface area contributed by atoms with Gasteiger partial charge in [-0.1, -0.05) is 30.3 Å². The minimum Gasteiger partial charge on any atom is -0.491 e. The smallest absolute Gasteiger partial charge is 0.244 e. The van der Waals surface area contributed by atoms with E-state index in [1.54, 1.807) is 18.2 Å². The van der Waals surface area contributed by atoms with Crippen LogP contribution in [-0.4, -0.2) is 19.1 Å². The lowest BCUT2D eigenvalue weighted by Crippen LogP contribution is -2.26. The maximum Gasteiger partial charge on any atom is 0.244 e. The van der Waals surface area contributed by atoms with Crippen LogP contribution in [0.1, 0.15) is 16.7 Å². The standard InChI is InChI=1S/C19H20FNO2/c1-14-5-3-6-15(2)19(14)23-12-11-21-18(22)10-9-16-7-4-8-17(20)13-16/h3-10,13H,11-12H2,1-2H3,(H,21,22)/b10-9+. The van der Waals surface area contributed by atoms with Crippen molar-refractivity contribution in [2.24, 2.45) is 0 Å². The molecular weight excluding hydrogens is 293 g/mol. The molecule has 2 rings (SSSR count). The number of carbonyl (C=O) groups excluding carboxylic acids is 1. The highest BCUT2D eigenvalue weighted by Gasteiger charge is 2.03. The third-order valence-corrected chi connectivity index (χ3v) is 3.33. The normalized spacial score (nSPS) is 10.7. The van der Waals surface area contributed by atoms with Gasteiger partial charge in [0.25, 0.3) is 0 Å². The van der Waals surface area contributed by atoms with E-state index in [2.05, 4.69) is 5.32 Å². The number of hydrogen-bond donors (Lipinski definition) is 1. The van der Waals surface area contributed by atoms with Crippen LogP contribution < -0.4 is 10.1 Å². The van der Waals surface area contributed by atoms with E-state index in [1.165, 1.54) is 18.2 Å². The molecule has 1 N–H and O–H groups in total. The second-order valence-corrected chi connectivity index (χ2v) is 5.25. The molecule has 2 aromatic carbocycles. The Labute approximate surface area is 135 Å². The summed E-state index contributed by atoms with van der Waals surface area (Å²) < 4.78 is 18.7. The third kappa shape index (κ3) is 5.25. The molecule has 3 nitrogen and oxygen atoms in total. The van der Waals surface area contributed by atoms with Crippen molar-refractivity contribution in [2.75, 3.05) is 13.2 Å². The number of ether oxygens (including phenoxy) is 1. The largest absolute Gasteiger partial charge is 0.491 e. The van der Waals surface area contributed by atoms with Crippen LogP contribution in [0.2, 0.25) is 0 Å². The molecule has 0 fully saturated rings. The summed E-state index contributed by atoms with van der Waals surface area (Å²) in [6.07, 6.45) is 2.96. The molecule has 0 bridgehead atoms. The summed E-state index contributed by atoms with van der Waals surface area (Å²) in [6, 6.07) is 12.0. The SMILES string of the molecule is Cc1cccc(C)c1OCCNC(=O)/C=C/c1cccc(F)c1. The Morgan fingerprint density at radius 3 is 2.57 bits per heavy atom. The minimum atomic E-state index is -0.324. The fourth-order valence-electron chi connectivity index (χ4n) is 2.20. The predicted molar refractivity (Wildman–Crippen MR) is 89.9 cm³/mol.